The maximum absolute atomic E-state index is 6.02. The van der Waals surface area contributed by atoms with E-state index < -0.39 is 0 Å². The lowest BCUT2D eigenvalue weighted by Crippen LogP contribution is -2.32. The molecule has 0 radical (unpaired) electrons. The van der Waals surface area contributed by atoms with Gasteiger partial charge >= 0.3 is 0 Å². The van der Waals surface area contributed by atoms with E-state index in [9.17, 15) is 0 Å². The maximum Gasteiger partial charge on any atom is 0.234 e. The van der Waals surface area contributed by atoms with E-state index in [0.29, 0.717) is 34.7 Å². The van der Waals surface area contributed by atoms with E-state index in [1.807, 2.05) is 12.1 Å². The fraction of sp³-hybridized carbons (Fsp3) is 0.467. The molecule has 0 atom stereocenters. The van der Waals surface area contributed by atoms with E-state index in [1.165, 1.54) is 12.8 Å². The SMILES string of the molecule is NCC1(c2nc(Cc3ccc(Cl)c(Cl)c3)no2)CCCC1. The van der Waals surface area contributed by atoms with Gasteiger partial charge in [0.15, 0.2) is 5.82 Å². The standard InChI is InChI=1S/C15H17Cl2N3O/c16-11-4-3-10(7-12(11)17)8-13-19-14(21-20-13)15(9-18)5-1-2-6-15/h3-4,7H,1-2,5-6,8-9,18H2. The van der Waals surface area contributed by atoms with Gasteiger partial charge in [0, 0.05) is 13.0 Å². The Bertz CT molecular complexity index is 636. The Kier molecular flexibility index (Phi) is 4.20. The molecule has 0 amide bonds. The molecular weight excluding hydrogens is 309 g/mol. The highest BCUT2D eigenvalue weighted by atomic mass is 35.5. The van der Waals surface area contributed by atoms with Gasteiger partial charge in [0.25, 0.3) is 0 Å². The molecule has 3 rings (SSSR count). The summed E-state index contributed by atoms with van der Waals surface area (Å²) in [4.78, 5) is 4.55. The van der Waals surface area contributed by atoms with Crippen LogP contribution < -0.4 is 5.73 Å². The summed E-state index contributed by atoms with van der Waals surface area (Å²) in [5, 5.41) is 5.16. The first-order valence-electron chi connectivity index (χ1n) is 7.10. The number of halogens is 2. The number of hydrogen-bond acceptors (Lipinski definition) is 4. The third-order valence-corrected chi connectivity index (χ3v) is 4.96. The van der Waals surface area contributed by atoms with Crippen LogP contribution in [0.25, 0.3) is 0 Å². The third kappa shape index (κ3) is 2.93. The van der Waals surface area contributed by atoms with Crippen LogP contribution in [0.3, 0.4) is 0 Å². The lowest BCUT2D eigenvalue weighted by molar-refractivity contribution is 0.283. The molecule has 2 aromatic rings. The minimum atomic E-state index is -0.122. The van der Waals surface area contributed by atoms with Crippen LogP contribution in [-0.2, 0) is 11.8 Å². The molecule has 1 aromatic heterocycles. The van der Waals surface area contributed by atoms with Gasteiger partial charge < -0.3 is 10.3 Å². The van der Waals surface area contributed by atoms with Crippen molar-refractivity contribution in [1.29, 1.82) is 0 Å². The Morgan fingerprint density at radius 2 is 1.95 bits per heavy atom. The van der Waals surface area contributed by atoms with Gasteiger partial charge in [-0.25, -0.2) is 0 Å². The molecule has 0 spiro atoms. The van der Waals surface area contributed by atoms with Crippen LogP contribution in [0, 0.1) is 0 Å². The Balaban J connectivity index is 1.80. The van der Waals surface area contributed by atoms with Crippen molar-refractivity contribution in [2.45, 2.75) is 37.5 Å². The normalized spacial score (nSPS) is 17.3. The molecule has 1 heterocycles. The Morgan fingerprint density at radius 1 is 1.19 bits per heavy atom. The third-order valence-electron chi connectivity index (χ3n) is 4.22. The molecule has 0 saturated heterocycles. The van der Waals surface area contributed by atoms with Crippen LogP contribution in [0.15, 0.2) is 22.7 Å². The summed E-state index contributed by atoms with van der Waals surface area (Å²) in [5.74, 6) is 1.33. The van der Waals surface area contributed by atoms with Gasteiger partial charge in [0.1, 0.15) is 0 Å². The van der Waals surface area contributed by atoms with Crippen molar-refractivity contribution >= 4 is 23.2 Å². The number of hydrogen-bond donors (Lipinski definition) is 1. The van der Waals surface area contributed by atoms with Gasteiger partial charge in [-0.1, -0.05) is 47.3 Å². The zero-order chi connectivity index (χ0) is 14.9. The second-order valence-electron chi connectivity index (χ2n) is 5.63. The van der Waals surface area contributed by atoms with Gasteiger partial charge in [0.05, 0.1) is 15.5 Å². The number of nitrogens with zero attached hydrogens (tertiary/aromatic N) is 2. The van der Waals surface area contributed by atoms with E-state index in [0.717, 1.165) is 18.4 Å². The monoisotopic (exact) mass is 325 g/mol. The number of rotatable bonds is 4. The van der Waals surface area contributed by atoms with Gasteiger partial charge in [0.2, 0.25) is 5.89 Å². The van der Waals surface area contributed by atoms with E-state index in [4.69, 9.17) is 33.5 Å². The highest BCUT2D eigenvalue weighted by molar-refractivity contribution is 6.42. The van der Waals surface area contributed by atoms with Crippen molar-refractivity contribution in [3.63, 3.8) is 0 Å². The fourth-order valence-electron chi connectivity index (χ4n) is 2.93. The molecule has 4 nitrogen and oxygen atoms in total. The van der Waals surface area contributed by atoms with Gasteiger partial charge in [-0.3, -0.25) is 0 Å². The zero-order valence-electron chi connectivity index (χ0n) is 11.6. The molecule has 0 unspecified atom stereocenters. The number of benzene rings is 1. The largest absolute Gasteiger partial charge is 0.339 e. The molecule has 0 aliphatic heterocycles. The molecule has 2 N–H and O–H groups in total. The van der Waals surface area contributed by atoms with Crippen molar-refractivity contribution in [3.05, 3.63) is 45.5 Å². The summed E-state index contributed by atoms with van der Waals surface area (Å²) in [7, 11) is 0. The molecule has 1 aromatic carbocycles. The Morgan fingerprint density at radius 3 is 2.62 bits per heavy atom. The number of nitrogens with two attached hydrogens (primary N) is 1. The van der Waals surface area contributed by atoms with Crippen molar-refractivity contribution in [3.8, 4) is 0 Å². The molecule has 1 fully saturated rings. The second kappa shape index (κ2) is 5.95. The van der Waals surface area contributed by atoms with Crippen molar-refractivity contribution in [2.75, 3.05) is 6.54 Å². The topological polar surface area (TPSA) is 64.9 Å². The van der Waals surface area contributed by atoms with Crippen molar-refractivity contribution in [2.24, 2.45) is 5.73 Å². The minimum Gasteiger partial charge on any atom is -0.339 e. The predicted molar refractivity (Wildman–Crippen MR) is 82.8 cm³/mol. The first kappa shape index (κ1) is 14.8. The van der Waals surface area contributed by atoms with Crippen LogP contribution in [0.1, 0.15) is 43.0 Å². The summed E-state index contributed by atoms with van der Waals surface area (Å²) >= 11 is 11.9. The molecule has 1 saturated carbocycles. The summed E-state index contributed by atoms with van der Waals surface area (Å²) < 4.78 is 5.47. The van der Waals surface area contributed by atoms with E-state index in [-0.39, 0.29) is 5.41 Å². The minimum absolute atomic E-state index is 0.122. The van der Waals surface area contributed by atoms with Gasteiger partial charge in [-0.2, -0.15) is 4.98 Å². The molecule has 1 aliphatic rings. The lowest BCUT2D eigenvalue weighted by Gasteiger charge is -2.21. The zero-order valence-corrected chi connectivity index (χ0v) is 13.1. The highest BCUT2D eigenvalue weighted by Gasteiger charge is 2.39. The fourth-order valence-corrected chi connectivity index (χ4v) is 3.25. The average Bonchev–Trinajstić information content (AvgIpc) is 3.12. The van der Waals surface area contributed by atoms with Crippen molar-refractivity contribution in [1.82, 2.24) is 10.1 Å². The van der Waals surface area contributed by atoms with Crippen LogP contribution in [-0.4, -0.2) is 16.7 Å². The maximum atomic E-state index is 6.02. The Labute approximate surface area is 133 Å². The van der Waals surface area contributed by atoms with E-state index in [2.05, 4.69) is 10.1 Å². The second-order valence-corrected chi connectivity index (χ2v) is 6.45. The van der Waals surface area contributed by atoms with Crippen molar-refractivity contribution < 1.29 is 4.52 Å². The molecular formula is C15H17Cl2N3O. The first-order valence-corrected chi connectivity index (χ1v) is 7.86. The summed E-state index contributed by atoms with van der Waals surface area (Å²) in [5.41, 5.74) is 6.82. The quantitative estimate of drug-likeness (QED) is 0.929. The van der Waals surface area contributed by atoms with E-state index >= 15 is 0 Å². The van der Waals surface area contributed by atoms with Crippen LogP contribution in [0.5, 0.6) is 0 Å². The van der Waals surface area contributed by atoms with Crippen LogP contribution in [0.4, 0.5) is 0 Å². The summed E-state index contributed by atoms with van der Waals surface area (Å²) in [6, 6.07) is 5.52. The molecule has 112 valence electrons. The predicted octanol–water partition coefficient (Wildman–Crippen LogP) is 3.74. The molecule has 6 heteroatoms. The molecule has 1 aliphatic carbocycles. The average molecular weight is 326 g/mol. The molecule has 21 heavy (non-hydrogen) atoms. The van der Waals surface area contributed by atoms with Gasteiger partial charge in [-0.15, -0.1) is 0 Å². The number of aromatic nitrogens is 2. The van der Waals surface area contributed by atoms with Crippen LogP contribution in [0.2, 0.25) is 10.0 Å². The summed E-state index contributed by atoms with van der Waals surface area (Å²) in [6.45, 7) is 0.557. The lowest BCUT2D eigenvalue weighted by atomic mass is 9.86. The summed E-state index contributed by atoms with van der Waals surface area (Å²) in [6.07, 6.45) is 4.96. The molecule has 0 bridgehead atoms. The van der Waals surface area contributed by atoms with Crippen LogP contribution >= 0.6 is 23.2 Å². The first-order chi connectivity index (χ1) is 10.1. The highest BCUT2D eigenvalue weighted by Crippen LogP contribution is 2.39. The Hall–Kier alpha value is -1.10. The smallest absolute Gasteiger partial charge is 0.234 e. The van der Waals surface area contributed by atoms with Gasteiger partial charge in [-0.05, 0) is 30.5 Å². The van der Waals surface area contributed by atoms with E-state index in [1.54, 1.807) is 6.07 Å².